The Morgan fingerprint density at radius 1 is 0.667 bits per heavy atom. The van der Waals surface area contributed by atoms with Crippen molar-refractivity contribution in [1.29, 1.82) is 0 Å². The maximum Gasteiger partial charge on any atom is -1.00 e. The minimum absolute atomic E-state index is 0. The molecule has 0 nitrogen and oxygen atoms in total. The number of allylic oxidation sites excluding steroid dienone is 8. The van der Waals surface area contributed by atoms with Crippen molar-refractivity contribution in [3.8, 4) is 0 Å². The molecule has 0 heterocycles. The summed E-state index contributed by atoms with van der Waals surface area (Å²) in [5.74, 6) is 3.53. The van der Waals surface area contributed by atoms with Crippen molar-refractivity contribution in [2.24, 2.45) is 23.7 Å². The first kappa shape index (κ1) is 20.9. The van der Waals surface area contributed by atoms with Gasteiger partial charge in [0.05, 0.1) is 0 Å². The topological polar surface area (TPSA) is 0 Å². The molecule has 4 rings (SSSR count). The van der Waals surface area contributed by atoms with Crippen LogP contribution in [0.3, 0.4) is 0 Å². The second-order valence-corrected chi connectivity index (χ2v) is 48.8. The zero-order chi connectivity index (χ0) is 15.4. The van der Waals surface area contributed by atoms with Gasteiger partial charge in [-0.2, -0.15) is 0 Å². The van der Waals surface area contributed by atoms with Gasteiger partial charge < -0.3 is 24.8 Å². The first-order valence-corrected chi connectivity index (χ1v) is 25.5. The molecule has 0 spiro atoms. The average Bonchev–Trinajstić information content (AvgIpc) is 3.12. The quantitative estimate of drug-likeness (QED) is 0.460. The Hall–Kier alpha value is 0.640. The molecular formula is C20H31Cl2SiZr. The Kier molecular flexibility index (Phi) is 6.40. The minimum Gasteiger partial charge on any atom is -1.00 e. The molecule has 0 aliphatic heterocycles. The van der Waals surface area contributed by atoms with Crippen molar-refractivity contribution in [3.05, 3.63) is 48.6 Å². The molecule has 6 unspecified atom stereocenters. The van der Waals surface area contributed by atoms with Gasteiger partial charge in [0.15, 0.2) is 0 Å². The van der Waals surface area contributed by atoms with Gasteiger partial charge in [-0.05, 0) is 0 Å². The Balaban J connectivity index is 0.00000104. The van der Waals surface area contributed by atoms with Crippen molar-refractivity contribution < 1.29 is 42.8 Å². The molecule has 133 valence electrons. The van der Waals surface area contributed by atoms with Crippen LogP contribution >= 0.6 is 0 Å². The molecule has 2 fully saturated rings. The molecule has 24 heavy (non-hydrogen) atoms. The van der Waals surface area contributed by atoms with Crippen molar-refractivity contribution in [3.63, 3.8) is 0 Å². The maximum absolute atomic E-state index is 2.87. The van der Waals surface area contributed by atoms with E-state index < -0.39 is 17.9 Å². The molecule has 4 aliphatic rings. The first-order valence-electron chi connectivity index (χ1n) is 9.38. The third kappa shape index (κ3) is 3.30. The van der Waals surface area contributed by atoms with Gasteiger partial charge in [0, 0.05) is 0 Å². The molecule has 4 heteroatoms. The summed E-state index contributed by atoms with van der Waals surface area (Å²) >= 11 is -2.62. The van der Waals surface area contributed by atoms with E-state index in [2.05, 4.69) is 57.9 Å². The van der Waals surface area contributed by atoms with Crippen LogP contribution in [0.5, 0.6) is 0 Å². The van der Waals surface area contributed by atoms with Crippen LogP contribution in [0.25, 0.3) is 0 Å². The van der Waals surface area contributed by atoms with E-state index >= 15 is 0 Å². The maximum atomic E-state index is 2.87. The summed E-state index contributed by atoms with van der Waals surface area (Å²) in [5, 5.41) is 0. The fourth-order valence-electron chi connectivity index (χ4n) is 6.60. The summed E-state index contributed by atoms with van der Waals surface area (Å²) in [6.45, 7) is 0. The van der Waals surface area contributed by atoms with Gasteiger partial charge >= 0.3 is 140 Å². The third-order valence-electron chi connectivity index (χ3n) is 7.80. The molecule has 6 atom stereocenters. The van der Waals surface area contributed by atoms with Crippen LogP contribution in [0.4, 0.5) is 0 Å². The zero-order valence-corrected chi connectivity index (χ0v) is 21.1. The number of halogens is 2. The predicted octanol–water partition coefficient (Wildman–Crippen LogP) is -1.06. The van der Waals surface area contributed by atoms with Crippen LogP contribution in [0, 0.1) is 23.7 Å². The molecule has 2 saturated carbocycles. The Labute approximate surface area is 163 Å². The normalized spacial score (nSPS) is 40.0. The summed E-state index contributed by atoms with van der Waals surface area (Å²) in [5.41, 5.74) is 0. The van der Waals surface area contributed by atoms with Gasteiger partial charge in [-0.15, -0.1) is 0 Å². The number of fused-ring (bicyclic) bond motifs is 2. The van der Waals surface area contributed by atoms with Gasteiger partial charge in [-0.3, -0.25) is 0 Å². The monoisotopic (exact) mass is 459 g/mol. The largest absolute Gasteiger partial charge is 1.00 e. The average molecular weight is 462 g/mol. The summed E-state index contributed by atoms with van der Waals surface area (Å²) in [6.07, 6.45) is 25.4. The van der Waals surface area contributed by atoms with Crippen LogP contribution in [0.1, 0.15) is 25.7 Å². The standard InChI is InChI=1S/2C9H11.2CH3.2ClH.H3Si.Zr/c2*1-2-5-9-7-3-6-8(9)4-1;;;;;;/h2*1-2,4-6,8-9H,3,7H2;2*1H3;2*1H;1H3;/q;;;;;;;+2/p-2. The fraction of sp³-hybridized carbons (Fsp3) is 0.600. The number of hydrogen-bond donors (Lipinski definition) is 0. The molecule has 4 aliphatic carbocycles. The Morgan fingerprint density at radius 3 is 1.46 bits per heavy atom. The van der Waals surface area contributed by atoms with E-state index in [0.29, 0.717) is 0 Å². The van der Waals surface area contributed by atoms with E-state index in [9.17, 15) is 0 Å². The van der Waals surface area contributed by atoms with Gasteiger partial charge in [0.2, 0.25) is 0 Å². The van der Waals surface area contributed by atoms with Gasteiger partial charge in [0.1, 0.15) is 0 Å². The van der Waals surface area contributed by atoms with Crippen molar-refractivity contribution in [2.45, 2.75) is 42.2 Å². The molecule has 0 aromatic rings. The minimum atomic E-state index is -2.62. The Morgan fingerprint density at radius 2 is 1.04 bits per heavy atom. The third-order valence-corrected chi connectivity index (χ3v) is 32.9. The summed E-state index contributed by atoms with van der Waals surface area (Å²) in [7, 11) is 1.51. The van der Waals surface area contributed by atoms with Crippen molar-refractivity contribution >= 4 is 7.37 Å². The Bertz CT molecular complexity index is 536. The zero-order valence-electron chi connectivity index (χ0n) is 15.2. The molecule has 0 N–H and O–H groups in total. The summed E-state index contributed by atoms with van der Waals surface area (Å²) in [6, 6.07) is 0. The number of rotatable bonds is 2. The molecule has 0 aromatic carbocycles. The van der Waals surface area contributed by atoms with E-state index in [0.717, 1.165) is 30.9 Å². The summed E-state index contributed by atoms with van der Waals surface area (Å²) in [4.78, 5) is 0. The molecular weight excluding hydrogens is 430 g/mol. The fourth-order valence-corrected chi connectivity index (χ4v) is 30.3. The van der Waals surface area contributed by atoms with Crippen LogP contribution in [0.2, 0.25) is 16.5 Å². The van der Waals surface area contributed by atoms with E-state index in [4.69, 9.17) is 0 Å². The van der Waals surface area contributed by atoms with E-state index in [-0.39, 0.29) is 24.8 Å². The molecule has 0 saturated heterocycles. The van der Waals surface area contributed by atoms with Gasteiger partial charge in [-0.1, -0.05) is 0 Å². The van der Waals surface area contributed by atoms with Gasteiger partial charge in [0.25, 0.3) is 0 Å². The first-order chi connectivity index (χ1) is 10.5. The molecule has 0 amide bonds. The van der Waals surface area contributed by atoms with Crippen molar-refractivity contribution in [2.75, 3.05) is 0 Å². The molecule has 0 aromatic heterocycles. The molecule has 0 bridgehead atoms. The van der Waals surface area contributed by atoms with Crippen LogP contribution in [0.15, 0.2) is 48.6 Å². The van der Waals surface area contributed by atoms with Crippen LogP contribution in [-0.4, -0.2) is 7.37 Å². The second kappa shape index (κ2) is 7.34. The molecule has 0 radical (unpaired) electrons. The predicted molar refractivity (Wildman–Crippen MR) is 98.2 cm³/mol. The number of hydrogen-bond acceptors (Lipinski definition) is 0. The van der Waals surface area contributed by atoms with Crippen LogP contribution in [-0.2, 0) is 17.9 Å². The second-order valence-electron chi connectivity index (χ2n) is 9.79. The SMILES string of the molecule is [CH3][Zr+2]([CH3])([SiH3])([CH]1CCC2C=CC=CC21)[CH]1CCC2C=CC=CC21.[Cl-].[Cl-]. The van der Waals surface area contributed by atoms with E-state index in [1.807, 2.05) is 0 Å². The smallest absolute Gasteiger partial charge is 1.00 e. The van der Waals surface area contributed by atoms with Crippen molar-refractivity contribution in [1.82, 2.24) is 0 Å². The summed E-state index contributed by atoms with van der Waals surface area (Å²) < 4.78 is 7.91. The van der Waals surface area contributed by atoms with Crippen LogP contribution < -0.4 is 24.8 Å². The van der Waals surface area contributed by atoms with E-state index in [1.54, 1.807) is 0 Å². The van der Waals surface area contributed by atoms with E-state index in [1.165, 1.54) is 33.1 Å². The van der Waals surface area contributed by atoms with Gasteiger partial charge in [-0.25, -0.2) is 0 Å².